The number of carbonyl (C=O) groups excluding carboxylic acids is 1. The van der Waals surface area contributed by atoms with E-state index in [0.717, 1.165) is 19.0 Å². The predicted octanol–water partition coefficient (Wildman–Crippen LogP) is 1.83. The largest absolute Gasteiger partial charge is 0.367 e. The van der Waals surface area contributed by atoms with Gasteiger partial charge in [0.1, 0.15) is 17.9 Å². The molecule has 7 nitrogen and oxygen atoms in total. The molecule has 1 atom stereocenters. The molecule has 0 radical (unpaired) electrons. The van der Waals surface area contributed by atoms with Crippen molar-refractivity contribution in [2.24, 2.45) is 0 Å². The summed E-state index contributed by atoms with van der Waals surface area (Å²) in [7, 11) is 0. The highest BCUT2D eigenvalue weighted by Crippen LogP contribution is 2.31. The van der Waals surface area contributed by atoms with Crippen LogP contribution in [-0.2, 0) is 4.79 Å². The van der Waals surface area contributed by atoms with Gasteiger partial charge in [-0.15, -0.1) is 0 Å². The molecule has 1 saturated carbocycles. The number of aromatic nitrogens is 1. The molecule has 1 heterocycles. The van der Waals surface area contributed by atoms with Crippen LogP contribution in [0.3, 0.4) is 0 Å². The number of amides is 1. The fraction of sp³-hybridized carbons (Fsp3) is 0.455. The summed E-state index contributed by atoms with van der Waals surface area (Å²) in [6, 6.07) is -0.300. The monoisotopic (exact) mass is 328 g/mol. The maximum Gasteiger partial charge on any atom is 0.311 e. The maximum absolute atomic E-state index is 11.8. The highest BCUT2D eigenvalue weighted by Gasteiger charge is 2.27. The highest BCUT2D eigenvalue weighted by atomic mass is 79.9. The van der Waals surface area contributed by atoms with Gasteiger partial charge in [-0.05, 0) is 35.7 Å². The molecule has 2 N–H and O–H groups in total. The lowest BCUT2D eigenvalue weighted by molar-refractivity contribution is -0.384. The van der Waals surface area contributed by atoms with Gasteiger partial charge < -0.3 is 10.6 Å². The van der Waals surface area contributed by atoms with Crippen LogP contribution in [0.2, 0.25) is 0 Å². The number of halogens is 1. The van der Waals surface area contributed by atoms with Gasteiger partial charge in [0.25, 0.3) is 0 Å². The second kappa shape index (κ2) is 5.52. The van der Waals surface area contributed by atoms with Crippen LogP contribution in [-0.4, -0.2) is 27.9 Å². The van der Waals surface area contributed by atoms with Crippen molar-refractivity contribution in [2.45, 2.75) is 31.8 Å². The van der Waals surface area contributed by atoms with E-state index >= 15 is 0 Å². The van der Waals surface area contributed by atoms with Crippen molar-refractivity contribution in [2.75, 3.05) is 5.32 Å². The van der Waals surface area contributed by atoms with Crippen LogP contribution in [0.1, 0.15) is 19.8 Å². The molecule has 0 bridgehead atoms. The van der Waals surface area contributed by atoms with Crippen LogP contribution >= 0.6 is 15.9 Å². The summed E-state index contributed by atoms with van der Waals surface area (Å²) in [5.41, 5.74) is 0.0962. The van der Waals surface area contributed by atoms with Crippen LogP contribution in [0.5, 0.6) is 0 Å². The first-order valence-electron chi connectivity index (χ1n) is 5.84. The Balaban J connectivity index is 2.12. The van der Waals surface area contributed by atoms with E-state index in [1.165, 1.54) is 6.20 Å². The van der Waals surface area contributed by atoms with E-state index < -0.39 is 11.0 Å². The molecule has 8 heteroatoms. The quantitative estimate of drug-likeness (QED) is 0.634. The fourth-order valence-electron chi connectivity index (χ4n) is 1.54. The molecule has 1 aromatic heterocycles. The van der Waals surface area contributed by atoms with Crippen LogP contribution in [0.25, 0.3) is 0 Å². The molecule has 1 aliphatic carbocycles. The van der Waals surface area contributed by atoms with Gasteiger partial charge in [-0.3, -0.25) is 19.9 Å². The number of rotatable bonds is 5. The summed E-state index contributed by atoms with van der Waals surface area (Å²) in [5.74, 6) is -0.166. The Morgan fingerprint density at radius 1 is 1.58 bits per heavy atom. The molecule has 1 unspecified atom stereocenters. The third-order valence-corrected chi connectivity index (χ3v) is 3.36. The highest BCUT2D eigenvalue weighted by molar-refractivity contribution is 9.10. The minimum Gasteiger partial charge on any atom is -0.367 e. The molecule has 1 aromatic rings. The lowest BCUT2D eigenvalue weighted by Gasteiger charge is -2.15. The van der Waals surface area contributed by atoms with Gasteiger partial charge in [0.05, 0.1) is 9.40 Å². The molecule has 1 amide bonds. The van der Waals surface area contributed by atoms with E-state index in [4.69, 9.17) is 0 Å². The zero-order chi connectivity index (χ0) is 14.0. The van der Waals surface area contributed by atoms with E-state index in [1.807, 2.05) is 0 Å². The van der Waals surface area contributed by atoms with Gasteiger partial charge >= 0.3 is 5.69 Å². The number of hydrogen-bond donors (Lipinski definition) is 2. The summed E-state index contributed by atoms with van der Waals surface area (Å²) in [4.78, 5) is 25.9. The number of carbonyl (C=O) groups is 1. The minimum absolute atomic E-state index is 0.166. The van der Waals surface area contributed by atoms with Gasteiger partial charge in [-0.1, -0.05) is 0 Å². The summed E-state index contributed by atoms with van der Waals surface area (Å²) in [6.45, 7) is 1.66. The second-order valence-electron chi connectivity index (χ2n) is 4.42. The van der Waals surface area contributed by atoms with Crippen molar-refractivity contribution in [1.29, 1.82) is 0 Å². The molecule has 0 saturated heterocycles. The predicted molar refractivity (Wildman–Crippen MR) is 72.8 cm³/mol. The molecule has 19 heavy (non-hydrogen) atoms. The summed E-state index contributed by atoms with van der Waals surface area (Å²) >= 11 is 3.20. The fourth-order valence-corrected chi connectivity index (χ4v) is 1.98. The number of nitro groups is 1. The van der Waals surface area contributed by atoms with E-state index in [-0.39, 0.29) is 23.3 Å². The first-order valence-corrected chi connectivity index (χ1v) is 6.63. The van der Waals surface area contributed by atoms with Crippen LogP contribution in [0.15, 0.2) is 16.9 Å². The molecule has 2 rings (SSSR count). The van der Waals surface area contributed by atoms with Crippen molar-refractivity contribution < 1.29 is 9.72 Å². The Labute approximate surface area is 118 Å². The van der Waals surface area contributed by atoms with Gasteiger partial charge in [0, 0.05) is 12.2 Å². The molecular weight excluding hydrogens is 316 g/mol. The lowest BCUT2D eigenvalue weighted by atomic mass is 10.2. The molecular formula is C11H13BrN4O3. The third kappa shape index (κ3) is 3.40. The molecule has 0 aromatic carbocycles. The SMILES string of the molecule is CC(Nc1c(Br)cncc1[N+](=O)[O-])C(=O)NC1CC1. The number of nitrogens with one attached hydrogen (secondary N) is 2. The van der Waals surface area contributed by atoms with Gasteiger partial charge in [0.2, 0.25) is 5.91 Å². The molecule has 0 spiro atoms. The number of anilines is 1. The first-order chi connectivity index (χ1) is 8.99. The van der Waals surface area contributed by atoms with Crippen molar-refractivity contribution in [3.05, 3.63) is 27.0 Å². The zero-order valence-corrected chi connectivity index (χ0v) is 11.8. The summed E-state index contributed by atoms with van der Waals surface area (Å²) in [6.07, 6.45) is 4.59. The Morgan fingerprint density at radius 2 is 2.26 bits per heavy atom. The van der Waals surface area contributed by atoms with Crippen LogP contribution in [0, 0.1) is 10.1 Å². The Kier molecular flexibility index (Phi) is 3.98. The number of hydrogen-bond acceptors (Lipinski definition) is 5. The third-order valence-electron chi connectivity index (χ3n) is 2.75. The van der Waals surface area contributed by atoms with Gasteiger partial charge in [-0.2, -0.15) is 0 Å². The van der Waals surface area contributed by atoms with Crippen molar-refractivity contribution in [1.82, 2.24) is 10.3 Å². The number of nitrogens with zero attached hydrogens (tertiary/aromatic N) is 2. The molecule has 102 valence electrons. The molecule has 1 aliphatic rings. The van der Waals surface area contributed by atoms with Crippen molar-refractivity contribution in [3.8, 4) is 0 Å². The van der Waals surface area contributed by atoms with Crippen molar-refractivity contribution in [3.63, 3.8) is 0 Å². The second-order valence-corrected chi connectivity index (χ2v) is 5.28. The topological polar surface area (TPSA) is 97.2 Å². The number of pyridine rings is 1. The van der Waals surface area contributed by atoms with Gasteiger partial charge in [0.15, 0.2) is 0 Å². The van der Waals surface area contributed by atoms with Crippen LogP contribution in [0.4, 0.5) is 11.4 Å². The van der Waals surface area contributed by atoms with Crippen molar-refractivity contribution >= 4 is 33.2 Å². The minimum atomic E-state index is -0.557. The van der Waals surface area contributed by atoms with E-state index in [2.05, 4.69) is 31.5 Å². The van der Waals surface area contributed by atoms with Crippen LogP contribution < -0.4 is 10.6 Å². The summed E-state index contributed by atoms with van der Waals surface area (Å²) in [5, 5.41) is 16.6. The average Bonchev–Trinajstić information content (AvgIpc) is 3.15. The van der Waals surface area contributed by atoms with E-state index in [0.29, 0.717) is 4.47 Å². The standard InChI is InChI=1S/C11H13BrN4O3/c1-6(11(17)15-7-2-3-7)14-10-8(12)4-13-5-9(10)16(18)19/h4-7H,2-3H2,1H3,(H,13,14)(H,15,17). The Morgan fingerprint density at radius 3 is 2.84 bits per heavy atom. The van der Waals surface area contributed by atoms with Gasteiger partial charge in [-0.25, -0.2) is 0 Å². The first kappa shape index (κ1) is 13.7. The lowest BCUT2D eigenvalue weighted by Crippen LogP contribution is -2.38. The molecule has 1 fully saturated rings. The summed E-state index contributed by atoms with van der Waals surface area (Å²) < 4.78 is 0.452. The van der Waals surface area contributed by atoms with E-state index in [1.54, 1.807) is 6.92 Å². The normalized spacial score (nSPS) is 15.7. The Bertz CT molecular complexity index is 519. The average molecular weight is 329 g/mol. The Hall–Kier alpha value is -1.70. The maximum atomic E-state index is 11.8. The zero-order valence-electron chi connectivity index (χ0n) is 10.2. The smallest absolute Gasteiger partial charge is 0.311 e. The molecule has 0 aliphatic heterocycles. The van der Waals surface area contributed by atoms with E-state index in [9.17, 15) is 14.9 Å².